The molecule has 5 heteroatoms. The number of ether oxygens (including phenoxy) is 1. The molecule has 2 aliphatic heterocycles. The number of carbonyl (C=O) groups excluding carboxylic acids is 1. The van der Waals surface area contributed by atoms with Gasteiger partial charge in [-0.1, -0.05) is 84.0 Å². The first-order chi connectivity index (χ1) is 14.5. The van der Waals surface area contributed by atoms with Gasteiger partial charge < -0.3 is 9.57 Å². The van der Waals surface area contributed by atoms with E-state index in [9.17, 15) is 4.79 Å². The summed E-state index contributed by atoms with van der Waals surface area (Å²) < 4.78 is 5.82. The molecule has 1 unspecified atom stereocenters. The molecule has 1 fully saturated rings. The van der Waals surface area contributed by atoms with Crippen LogP contribution in [-0.4, -0.2) is 23.1 Å². The fraction of sp³-hybridized carbons (Fsp3) is 0.200. The number of cyclic esters (lactones) is 1. The van der Waals surface area contributed by atoms with Crippen LogP contribution in [0.3, 0.4) is 0 Å². The molecule has 5 rings (SSSR count). The fourth-order valence-corrected chi connectivity index (χ4v) is 4.23. The molecule has 0 N–H and O–H groups in total. The molecule has 1 spiro atoms. The maximum absolute atomic E-state index is 13.2. The smallest absolute Gasteiger partial charge is 0.418 e. The molecule has 0 saturated carbocycles. The normalized spacial score (nSPS) is 22.0. The molecular formula is C25H22N2O3. The number of rotatable bonds is 3. The van der Waals surface area contributed by atoms with E-state index in [4.69, 9.17) is 9.57 Å². The Balaban J connectivity index is 1.62. The quantitative estimate of drug-likeness (QED) is 0.576. The number of carbonyl (C=O) groups is 1. The molecule has 0 bridgehead atoms. The third-order valence-corrected chi connectivity index (χ3v) is 5.88. The summed E-state index contributed by atoms with van der Waals surface area (Å²) in [5.74, 6) is 0. The molecular weight excluding hydrogens is 376 g/mol. The Labute approximate surface area is 175 Å². The molecule has 0 aromatic heterocycles. The van der Waals surface area contributed by atoms with E-state index < -0.39 is 17.4 Å². The lowest BCUT2D eigenvalue weighted by atomic mass is 9.87. The Kier molecular flexibility index (Phi) is 4.13. The van der Waals surface area contributed by atoms with Crippen LogP contribution in [0.15, 0.2) is 90.1 Å². The van der Waals surface area contributed by atoms with Gasteiger partial charge in [-0.05, 0) is 31.0 Å². The average Bonchev–Trinajstić information content (AvgIpc) is 3.29. The Morgan fingerprint density at radius 3 is 2.13 bits per heavy atom. The van der Waals surface area contributed by atoms with Crippen molar-refractivity contribution in [2.24, 2.45) is 5.16 Å². The van der Waals surface area contributed by atoms with Gasteiger partial charge in [0.15, 0.2) is 5.60 Å². The van der Waals surface area contributed by atoms with Gasteiger partial charge in [-0.15, -0.1) is 0 Å². The Hall–Kier alpha value is -3.60. The number of benzene rings is 3. The first-order valence-electron chi connectivity index (χ1n) is 10.00. The predicted octanol–water partition coefficient (Wildman–Crippen LogP) is 5.61. The van der Waals surface area contributed by atoms with Gasteiger partial charge in [0.25, 0.3) is 5.72 Å². The highest BCUT2D eigenvalue weighted by Crippen LogP contribution is 2.50. The number of anilines is 1. The molecule has 150 valence electrons. The van der Waals surface area contributed by atoms with Crippen molar-refractivity contribution in [2.75, 3.05) is 4.90 Å². The van der Waals surface area contributed by atoms with Crippen LogP contribution in [0, 0.1) is 0 Å². The van der Waals surface area contributed by atoms with Crippen molar-refractivity contribution < 1.29 is 14.4 Å². The molecule has 0 aliphatic carbocycles. The highest BCUT2D eigenvalue weighted by atomic mass is 16.7. The first kappa shape index (κ1) is 18.4. The van der Waals surface area contributed by atoms with E-state index in [1.165, 1.54) is 0 Å². The first-order valence-corrected chi connectivity index (χ1v) is 10.00. The molecule has 5 nitrogen and oxygen atoms in total. The van der Waals surface area contributed by atoms with Gasteiger partial charge in [-0.25, -0.2) is 9.69 Å². The number of para-hydroxylation sites is 1. The van der Waals surface area contributed by atoms with Crippen molar-refractivity contribution in [3.63, 3.8) is 0 Å². The summed E-state index contributed by atoms with van der Waals surface area (Å²) in [5, 5.41) is 4.39. The maximum atomic E-state index is 13.2. The van der Waals surface area contributed by atoms with Gasteiger partial charge in [0.1, 0.15) is 0 Å². The van der Waals surface area contributed by atoms with Crippen LogP contribution in [0.25, 0.3) is 11.1 Å². The van der Waals surface area contributed by atoms with E-state index >= 15 is 0 Å². The molecule has 2 aliphatic rings. The van der Waals surface area contributed by atoms with Gasteiger partial charge in [0.05, 0.1) is 17.8 Å². The van der Waals surface area contributed by atoms with Crippen molar-refractivity contribution in [3.8, 4) is 11.1 Å². The van der Waals surface area contributed by atoms with Crippen molar-refractivity contribution in [3.05, 3.63) is 90.5 Å². The molecule has 0 radical (unpaired) electrons. The summed E-state index contributed by atoms with van der Waals surface area (Å²) >= 11 is 0. The molecule has 1 atom stereocenters. The third-order valence-electron chi connectivity index (χ3n) is 5.88. The fourth-order valence-electron chi connectivity index (χ4n) is 4.23. The van der Waals surface area contributed by atoms with E-state index in [1.54, 1.807) is 4.90 Å². The zero-order valence-electron chi connectivity index (χ0n) is 16.9. The lowest BCUT2D eigenvalue weighted by Crippen LogP contribution is -2.56. The largest absolute Gasteiger partial charge is 0.437 e. The van der Waals surface area contributed by atoms with Crippen LogP contribution in [0.4, 0.5) is 10.5 Å². The summed E-state index contributed by atoms with van der Waals surface area (Å²) in [6.45, 7) is 3.75. The standard InChI is InChI=1S/C25H22N2O3/c1-24(2)25(17-21(26-30-25)19-13-7-4-8-14-19)27(23(28)29-24)22-16-10-9-15-20(22)18-11-5-3-6-12-18/h3-16H,17H2,1-2H3. The zero-order valence-corrected chi connectivity index (χ0v) is 16.9. The predicted molar refractivity (Wildman–Crippen MR) is 116 cm³/mol. The highest BCUT2D eigenvalue weighted by Gasteiger charge is 2.66. The number of amides is 1. The number of hydrogen-bond acceptors (Lipinski definition) is 4. The highest BCUT2D eigenvalue weighted by molar-refractivity contribution is 6.05. The van der Waals surface area contributed by atoms with Crippen molar-refractivity contribution >= 4 is 17.5 Å². The zero-order chi connectivity index (χ0) is 20.8. The Morgan fingerprint density at radius 1 is 0.833 bits per heavy atom. The topological polar surface area (TPSA) is 51.1 Å². The lowest BCUT2D eigenvalue weighted by molar-refractivity contribution is -0.111. The lowest BCUT2D eigenvalue weighted by Gasteiger charge is -2.37. The maximum Gasteiger partial charge on any atom is 0.418 e. The van der Waals surface area contributed by atoms with Crippen LogP contribution >= 0.6 is 0 Å². The molecule has 2 heterocycles. The monoisotopic (exact) mass is 398 g/mol. The molecule has 1 amide bonds. The van der Waals surface area contributed by atoms with Crippen LogP contribution in [0.1, 0.15) is 25.8 Å². The van der Waals surface area contributed by atoms with Gasteiger partial charge in [-0.2, -0.15) is 0 Å². The second-order valence-corrected chi connectivity index (χ2v) is 8.05. The Bertz CT molecular complexity index is 1130. The van der Waals surface area contributed by atoms with Crippen LogP contribution in [-0.2, 0) is 9.57 Å². The van der Waals surface area contributed by atoms with E-state index in [0.29, 0.717) is 6.42 Å². The van der Waals surface area contributed by atoms with Gasteiger partial charge in [0.2, 0.25) is 0 Å². The molecule has 30 heavy (non-hydrogen) atoms. The minimum Gasteiger partial charge on any atom is -0.437 e. The minimum absolute atomic E-state index is 0.429. The molecule has 3 aromatic rings. The summed E-state index contributed by atoms with van der Waals surface area (Å²) in [6, 6.07) is 27.7. The van der Waals surface area contributed by atoms with E-state index in [2.05, 4.69) is 5.16 Å². The van der Waals surface area contributed by atoms with E-state index in [1.807, 2.05) is 98.8 Å². The molecule has 3 aromatic carbocycles. The van der Waals surface area contributed by atoms with Crippen molar-refractivity contribution in [1.29, 1.82) is 0 Å². The van der Waals surface area contributed by atoms with Crippen LogP contribution in [0.2, 0.25) is 0 Å². The summed E-state index contributed by atoms with van der Waals surface area (Å²) in [4.78, 5) is 20.9. The van der Waals surface area contributed by atoms with Gasteiger partial charge in [0, 0.05) is 5.56 Å². The second kappa shape index (κ2) is 6.73. The van der Waals surface area contributed by atoms with Crippen LogP contribution < -0.4 is 4.90 Å². The van der Waals surface area contributed by atoms with Crippen molar-refractivity contribution in [1.82, 2.24) is 0 Å². The third kappa shape index (κ3) is 2.70. The van der Waals surface area contributed by atoms with E-state index in [0.717, 1.165) is 28.1 Å². The van der Waals surface area contributed by atoms with Gasteiger partial charge in [-0.3, -0.25) is 0 Å². The average molecular weight is 398 g/mol. The summed E-state index contributed by atoms with van der Waals surface area (Å²) in [5.41, 5.74) is 2.49. The second-order valence-electron chi connectivity index (χ2n) is 8.05. The summed E-state index contributed by atoms with van der Waals surface area (Å²) in [6.07, 6.45) is -0.00769. The number of hydrogen-bond donors (Lipinski definition) is 0. The van der Waals surface area contributed by atoms with E-state index in [-0.39, 0.29) is 0 Å². The molecule has 1 saturated heterocycles. The van der Waals surface area contributed by atoms with Crippen molar-refractivity contribution in [2.45, 2.75) is 31.6 Å². The van der Waals surface area contributed by atoms with Gasteiger partial charge >= 0.3 is 6.09 Å². The Morgan fingerprint density at radius 2 is 1.43 bits per heavy atom. The summed E-state index contributed by atoms with van der Waals surface area (Å²) in [7, 11) is 0. The number of nitrogens with zero attached hydrogens (tertiary/aromatic N) is 2. The number of oxime groups is 1. The minimum atomic E-state index is -1.07. The van der Waals surface area contributed by atoms with Crippen LogP contribution in [0.5, 0.6) is 0 Å². The SMILES string of the molecule is CC1(C)OC(=O)N(c2ccccc2-c2ccccc2)C12CC(c1ccccc1)=NO2.